The van der Waals surface area contributed by atoms with Crippen molar-refractivity contribution in [3.63, 3.8) is 0 Å². The first-order chi connectivity index (χ1) is 15.7. The van der Waals surface area contributed by atoms with Gasteiger partial charge >= 0.3 is 0 Å². The fraction of sp³-hybridized carbons (Fsp3) is 0.160. The van der Waals surface area contributed by atoms with Crippen LogP contribution in [0, 0.1) is 20.8 Å². The first-order valence-electron chi connectivity index (χ1n) is 10.2. The number of hydrogen-bond acceptors (Lipinski definition) is 4. The summed E-state index contributed by atoms with van der Waals surface area (Å²) < 4.78 is 7.44. The van der Waals surface area contributed by atoms with E-state index >= 15 is 0 Å². The van der Waals surface area contributed by atoms with Gasteiger partial charge in [0.2, 0.25) is 0 Å². The maximum absolute atomic E-state index is 13.4. The maximum atomic E-state index is 13.4. The van der Waals surface area contributed by atoms with Gasteiger partial charge < -0.3 is 9.30 Å². The highest BCUT2D eigenvalue weighted by Gasteiger charge is 2.36. The molecule has 1 N–H and O–H groups in total. The van der Waals surface area contributed by atoms with Gasteiger partial charge in [-0.05, 0) is 80.5 Å². The fourth-order valence-electron chi connectivity index (χ4n) is 3.99. The van der Waals surface area contributed by atoms with Gasteiger partial charge in [-0.2, -0.15) is 0 Å². The smallest absolute Gasteiger partial charge is 0.270 e. The lowest BCUT2D eigenvalue weighted by Gasteiger charge is -2.29. The molecule has 2 heterocycles. The number of aromatic nitrogens is 1. The molecule has 0 unspecified atom stereocenters. The van der Waals surface area contributed by atoms with Crippen LogP contribution in [0.5, 0.6) is 5.75 Å². The van der Waals surface area contributed by atoms with Crippen molar-refractivity contribution in [2.75, 3.05) is 12.0 Å². The summed E-state index contributed by atoms with van der Waals surface area (Å²) in [5.41, 5.74) is 4.91. The lowest BCUT2D eigenvalue weighted by molar-refractivity contribution is -0.122. The topological polar surface area (TPSA) is 63.6 Å². The zero-order valence-corrected chi connectivity index (χ0v) is 20.2. The molecule has 168 valence electrons. The number of nitrogens with one attached hydrogen (secondary N) is 1. The first-order valence-corrected chi connectivity index (χ1v) is 11.0. The lowest BCUT2D eigenvalue weighted by Crippen LogP contribution is -2.54. The van der Waals surface area contributed by atoms with Gasteiger partial charge in [-0.1, -0.05) is 29.8 Å². The van der Waals surface area contributed by atoms with Gasteiger partial charge in [0.15, 0.2) is 5.11 Å². The number of para-hydroxylation sites is 2. The standard InChI is InChI=1S/C25H22ClN3O3S/c1-14-12-17(16(3)28(14)20-10-7-8-19(26)15(20)2)13-18-23(30)27-25(33)29(24(18)31)21-9-5-6-11-22(21)32-4/h5-13H,1-4H3,(H,27,30,33)/b18-13+. The number of nitrogens with zero attached hydrogens (tertiary/aromatic N) is 2. The summed E-state index contributed by atoms with van der Waals surface area (Å²) in [6.45, 7) is 5.86. The number of methoxy groups -OCH3 is 1. The number of carbonyl (C=O) groups is 2. The molecule has 0 radical (unpaired) electrons. The van der Waals surface area contributed by atoms with E-state index in [1.807, 2.05) is 45.0 Å². The number of thiocarbonyl (C=S) groups is 1. The second-order valence-corrected chi connectivity index (χ2v) is 8.47. The van der Waals surface area contributed by atoms with E-state index in [-0.39, 0.29) is 10.7 Å². The Morgan fingerprint density at radius 2 is 1.73 bits per heavy atom. The molecule has 0 spiro atoms. The van der Waals surface area contributed by atoms with Crippen LogP contribution in [0.4, 0.5) is 5.69 Å². The normalized spacial score (nSPS) is 15.2. The summed E-state index contributed by atoms with van der Waals surface area (Å²) in [4.78, 5) is 27.5. The van der Waals surface area contributed by atoms with Crippen molar-refractivity contribution < 1.29 is 14.3 Å². The number of carbonyl (C=O) groups excluding carboxylic acids is 2. The molecule has 3 aromatic rings. The van der Waals surface area contributed by atoms with Crippen molar-refractivity contribution >= 4 is 52.5 Å². The van der Waals surface area contributed by atoms with Crippen LogP contribution in [0.25, 0.3) is 11.8 Å². The Labute approximate surface area is 202 Å². The van der Waals surface area contributed by atoms with Gasteiger partial charge in [0, 0.05) is 22.1 Å². The molecule has 1 aliphatic rings. The van der Waals surface area contributed by atoms with E-state index in [1.54, 1.807) is 30.3 Å². The summed E-state index contributed by atoms with van der Waals surface area (Å²) in [5.74, 6) is -0.588. The predicted octanol–water partition coefficient (Wildman–Crippen LogP) is 4.90. The summed E-state index contributed by atoms with van der Waals surface area (Å²) in [6, 6.07) is 14.7. The minimum atomic E-state index is -0.542. The van der Waals surface area contributed by atoms with Crippen molar-refractivity contribution in [1.29, 1.82) is 0 Å². The molecule has 2 aromatic carbocycles. The molecule has 1 aliphatic heterocycles. The molecule has 1 saturated heterocycles. The third-order valence-corrected chi connectivity index (χ3v) is 6.37. The predicted molar refractivity (Wildman–Crippen MR) is 134 cm³/mol. The highest BCUT2D eigenvalue weighted by atomic mass is 35.5. The van der Waals surface area contributed by atoms with E-state index in [4.69, 9.17) is 28.6 Å². The number of hydrogen-bond donors (Lipinski definition) is 1. The van der Waals surface area contributed by atoms with Gasteiger partial charge in [0.1, 0.15) is 11.3 Å². The molecule has 6 nitrogen and oxygen atoms in total. The Balaban J connectivity index is 1.80. The number of anilines is 1. The Morgan fingerprint density at radius 1 is 1.03 bits per heavy atom. The van der Waals surface area contributed by atoms with Crippen LogP contribution in [-0.2, 0) is 9.59 Å². The highest BCUT2D eigenvalue weighted by molar-refractivity contribution is 7.80. The van der Waals surface area contributed by atoms with Gasteiger partial charge in [0.05, 0.1) is 12.8 Å². The average Bonchev–Trinajstić information content (AvgIpc) is 3.06. The zero-order valence-electron chi connectivity index (χ0n) is 18.6. The van der Waals surface area contributed by atoms with Crippen molar-refractivity contribution in [1.82, 2.24) is 9.88 Å². The minimum absolute atomic E-state index is 0.00618. The molecule has 8 heteroatoms. The van der Waals surface area contributed by atoms with Crippen LogP contribution in [0.15, 0.2) is 54.1 Å². The van der Waals surface area contributed by atoms with Crippen LogP contribution >= 0.6 is 23.8 Å². The third kappa shape index (κ3) is 3.94. The Morgan fingerprint density at radius 3 is 2.45 bits per heavy atom. The lowest BCUT2D eigenvalue weighted by atomic mass is 10.1. The molecule has 1 fully saturated rings. The second kappa shape index (κ2) is 8.84. The molecular weight excluding hydrogens is 458 g/mol. The molecule has 0 aliphatic carbocycles. The first kappa shape index (κ1) is 22.8. The van der Waals surface area contributed by atoms with E-state index in [0.717, 1.165) is 28.2 Å². The van der Waals surface area contributed by atoms with Gasteiger partial charge in [-0.15, -0.1) is 0 Å². The Hall–Kier alpha value is -3.42. The largest absolute Gasteiger partial charge is 0.495 e. The average molecular weight is 480 g/mol. The van der Waals surface area contributed by atoms with E-state index < -0.39 is 11.8 Å². The molecular formula is C25H22ClN3O3S. The zero-order chi connectivity index (χ0) is 23.9. The molecule has 0 saturated carbocycles. The van der Waals surface area contributed by atoms with Crippen LogP contribution in [-0.4, -0.2) is 28.6 Å². The third-order valence-electron chi connectivity index (χ3n) is 5.68. The van der Waals surface area contributed by atoms with Crippen LogP contribution < -0.4 is 15.0 Å². The van der Waals surface area contributed by atoms with Crippen LogP contribution in [0.2, 0.25) is 5.02 Å². The summed E-state index contributed by atoms with van der Waals surface area (Å²) in [7, 11) is 1.51. The number of ether oxygens (including phenoxy) is 1. The van der Waals surface area contributed by atoms with E-state index in [0.29, 0.717) is 16.5 Å². The van der Waals surface area contributed by atoms with Gasteiger partial charge in [-0.3, -0.25) is 14.9 Å². The van der Waals surface area contributed by atoms with Crippen molar-refractivity contribution in [2.45, 2.75) is 20.8 Å². The summed E-state index contributed by atoms with van der Waals surface area (Å²) >= 11 is 11.6. The molecule has 33 heavy (non-hydrogen) atoms. The van der Waals surface area contributed by atoms with Gasteiger partial charge in [-0.25, -0.2) is 4.90 Å². The second-order valence-electron chi connectivity index (χ2n) is 7.68. The number of benzene rings is 2. The molecule has 1 aromatic heterocycles. The van der Waals surface area contributed by atoms with Crippen LogP contribution in [0.3, 0.4) is 0 Å². The van der Waals surface area contributed by atoms with Gasteiger partial charge in [0.25, 0.3) is 11.8 Å². The molecule has 0 bridgehead atoms. The number of halogens is 1. The van der Waals surface area contributed by atoms with E-state index in [9.17, 15) is 9.59 Å². The number of amides is 2. The Kier molecular flexibility index (Phi) is 6.10. The summed E-state index contributed by atoms with van der Waals surface area (Å²) in [5, 5.41) is 3.29. The Bertz CT molecular complexity index is 1340. The van der Waals surface area contributed by atoms with E-state index in [1.165, 1.54) is 12.0 Å². The molecule has 4 rings (SSSR count). The number of rotatable bonds is 4. The molecule has 2 amide bonds. The highest BCUT2D eigenvalue weighted by Crippen LogP contribution is 2.32. The molecule has 0 atom stereocenters. The van der Waals surface area contributed by atoms with Crippen molar-refractivity contribution in [3.05, 3.63) is 81.6 Å². The van der Waals surface area contributed by atoms with Crippen LogP contribution in [0.1, 0.15) is 22.5 Å². The van der Waals surface area contributed by atoms with Crippen molar-refractivity contribution in [3.8, 4) is 11.4 Å². The fourth-order valence-corrected chi connectivity index (χ4v) is 4.43. The van der Waals surface area contributed by atoms with Crippen molar-refractivity contribution in [2.24, 2.45) is 0 Å². The number of aryl methyl sites for hydroxylation is 1. The quantitative estimate of drug-likeness (QED) is 0.328. The maximum Gasteiger partial charge on any atom is 0.270 e. The summed E-state index contributed by atoms with van der Waals surface area (Å²) in [6.07, 6.45) is 1.60. The minimum Gasteiger partial charge on any atom is -0.495 e. The SMILES string of the molecule is COc1ccccc1N1C(=O)/C(=C/c2cc(C)n(-c3cccc(Cl)c3C)c2C)C(=O)NC1=S. The monoisotopic (exact) mass is 479 g/mol. The van der Waals surface area contributed by atoms with E-state index in [2.05, 4.69) is 9.88 Å².